The summed E-state index contributed by atoms with van der Waals surface area (Å²) in [4.78, 5) is 2.67. The minimum absolute atomic E-state index is 0.728. The Morgan fingerprint density at radius 1 is 1.43 bits per heavy atom. The highest BCUT2D eigenvalue weighted by Gasteiger charge is 2.27. The molecule has 1 saturated heterocycles. The minimum Gasteiger partial charge on any atom is -0.317 e. The van der Waals surface area contributed by atoms with Gasteiger partial charge in [-0.3, -0.25) is 4.90 Å². The second-order valence-corrected chi connectivity index (χ2v) is 4.75. The lowest BCUT2D eigenvalue weighted by Crippen LogP contribution is -2.42. The molecule has 84 valence electrons. The topological polar surface area (TPSA) is 15.3 Å². The van der Waals surface area contributed by atoms with Crippen LogP contribution in [0.15, 0.2) is 0 Å². The quantitative estimate of drug-likeness (QED) is 0.728. The minimum atomic E-state index is 0.728. The largest absolute Gasteiger partial charge is 0.317 e. The zero-order chi connectivity index (χ0) is 10.6. The van der Waals surface area contributed by atoms with Gasteiger partial charge < -0.3 is 5.32 Å². The lowest BCUT2D eigenvalue weighted by Gasteiger charge is -2.33. The molecule has 2 nitrogen and oxygen atoms in total. The molecular weight excluding hydrogens is 172 g/mol. The van der Waals surface area contributed by atoms with E-state index < -0.39 is 0 Å². The highest BCUT2D eigenvalue weighted by Crippen LogP contribution is 2.22. The van der Waals surface area contributed by atoms with Gasteiger partial charge in [0.25, 0.3) is 0 Å². The van der Waals surface area contributed by atoms with Crippen molar-refractivity contribution in [3.05, 3.63) is 0 Å². The van der Waals surface area contributed by atoms with Crippen molar-refractivity contribution >= 4 is 0 Å². The molecule has 1 rings (SSSR count). The van der Waals surface area contributed by atoms with Crippen molar-refractivity contribution in [1.82, 2.24) is 10.2 Å². The van der Waals surface area contributed by atoms with Crippen molar-refractivity contribution < 1.29 is 0 Å². The van der Waals surface area contributed by atoms with Gasteiger partial charge in [-0.1, -0.05) is 13.8 Å². The molecule has 1 fully saturated rings. The standard InChI is InChI=1S/C12H26N2/c1-5-13-9-10(2)12(4)14-8-6-7-11(14)3/h10-13H,5-9H2,1-4H3. The average molecular weight is 198 g/mol. The number of hydrogen-bond acceptors (Lipinski definition) is 2. The molecule has 14 heavy (non-hydrogen) atoms. The van der Waals surface area contributed by atoms with E-state index in [1.165, 1.54) is 19.4 Å². The van der Waals surface area contributed by atoms with Crippen molar-refractivity contribution in [2.45, 2.75) is 52.6 Å². The number of nitrogens with one attached hydrogen (secondary N) is 1. The molecule has 1 N–H and O–H groups in total. The van der Waals surface area contributed by atoms with Gasteiger partial charge >= 0.3 is 0 Å². The van der Waals surface area contributed by atoms with Crippen LogP contribution in [0.25, 0.3) is 0 Å². The molecule has 0 aromatic carbocycles. The molecular formula is C12H26N2. The van der Waals surface area contributed by atoms with Gasteiger partial charge in [0, 0.05) is 12.1 Å². The van der Waals surface area contributed by atoms with E-state index in [2.05, 4.69) is 37.9 Å². The molecule has 2 heteroatoms. The van der Waals surface area contributed by atoms with Crippen LogP contribution in [0.4, 0.5) is 0 Å². The van der Waals surface area contributed by atoms with Crippen LogP contribution < -0.4 is 5.32 Å². The first-order valence-corrected chi connectivity index (χ1v) is 6.13. The molecule has 0 amide bonds. The average Bonchev–Trinajstić information content (AvgIpc) is 2.59. The maximum absolute atomic E-state index is 3.44. The fourth-order valence-corrected chi connectivity index (χ4v) is 2.43. The summed E-state index contributed by atoms with van der Waals surface area (Å²) in [6, 6.07) is 1.53. The Balaban J connectivity index is 2.34. The lowest BCUT2D eigenvalue weighted by molar-refractivity contribution is 0.154. The van der Waals surface area contributed by atoms with Crippen molar-refractivity contribution in [3.8, 4) is 0 Å². The van der Waals surface area contributed by atoms with Gasteiger partial charge in [-0.2, -0.15) is 0 Å². The summed E-state index contributed by atoms with van der Waals surface area (Å²) in [6.45, 7) is 12.8. The first kappa shape index (κ1) is 12.0. The highest BCUT2D eigenvalue weighted by molar-refractivity contribution is 4.83. The van der Waals surface area contributed by atoms with Crippen LogP contribution in [0.2, 0.25) is 0 Å². The van der Waals surface area contributed by atoms with Crippen LogP contribution in [0, 0.1) is 5.92 Å². The van der Waals surface area contributed by atoms with E-state index in [0.29, 0.717) is 0 Å². The van der Waals surface area contributed by atoms with E-state index in [-0.39, 0.29) is 0 Å². The molecule has 0 saturated carbocycles. The van der Waals surface area contributed by atoms with E-state index in [4.69, 9.17) is 0 Å². The molecule has 0 bridgehead atoms. The number of likely N-dealkylation sites (tertiary alicyclic amines) is 1. The Morgan fingerprint density at radius 2 is 2.14 bits per heavy atom. The highest BCUT2D eigenvalue weighted by atomic mass is 15.2. The molecule has 0 aromatic heterocycles. The smallest absolute Gasteiger partial charge is 0.0107 e. The molecule has 3 atom stereocenters. The van der Waals surface area contributed by atoms with Crippen molar-refractivity contribution in [2.75, 3.05) is 19.6 Å². The second kappa shape index (κ2) is 5.72. The Hall–Kier alpha value is -0.0800. The van der Waals surface area contributed by atoms with Crippen LogP contribution in [-0.4, -0.2) is 36.6 Å². The first-order chi connectivity index (χ1) is 6.66. The van der Waals surface area contributed by atoms with Crippen LogP contribution >= 0.6 is 0 Å². The summed E-state index contributed by atoms with van der Waals surface area (Å²) in [5.41, 5.74) is 0. The molecule has 3 unspecified atom stereocenters. The maximum Gasteiger partial charge on any atom is 0.0107 e. The van der Waals surface area contributed by atoms with Crippen molar-refractivity contribution in [2.24, 2.45) is 5.92 Å². The zero-order valence-electron chi connectivity index (χ0n) is 10.2. The predicted molar refractivity (Wildman–Crippen MR) is 62.6 cm³/mol. The predicted octanol–water partition coefficient (Wildman–Crippen LogP) is 2.10. The number of hydrogen-bond donors (Lipinski definition) is 1. The first-order valence-electron chi connectivity index (χ1n) is 6.13. The summed E-state index contributed by atoms with van der Waals surface area (Å²) in [7, 11) is 0. The summed E-state index contributed by atoms with van der Waals surface area (Å²) in [6.07, 6.45) is 2.78. The Labute approximate surface area is 89.1 Å². The van der Waals surface area contributed by atoms with E-state index in [1.54, 1.807) is 0 Å². The summed E-state index contributed by atoms with van der Waals surface area (Å²) in [5, 5.41) is 3.44. The van der Waals surface area contributed by atoms with Crippen molar-refractivity contribution in [1.29, 1.82) is 0 Å². The normalized spacial score (nSPS) is 27.9. The van der Waals surface area contributed by atoms with Crippen molar-refractivity contribution in [3.63, 3.8) is 0 Å². The van der Waals surface area contributed by atoms with Crippen LogP contribution in [-0.2, 0) is 0 Å². The van der Waals surface area contributed by atoms with E-state index in [9.17, 15) is 0 Å². The number of rotatable bonds is 5. The Morgan fingerprint density at radius 3 is 2.64 bits per heavy atom. The lowest BCUT2D eigenvalue weighted by atomic mass is 10.0. The van der Waals surface area contributed by atoms with E-state index in [1.807, 2.05) is 0 Å². The molecule has 0 radical (unpaired) electrons. The second-order valence-electron chi connectivity index (χ2n) is 4.75. The fraction of sp³-hybridized carbons (Fsp3) is 1.00. The molecule has 0 aromatic rings. The van der Waals surface area contributed by atoms with Gasteiger partial charge in [0.1, 0.15) is 0 Å². The third-order valence-electron chi connectivity index (χ3n) is 3.67. The van der Waals surface area contributed by atoms with Crippen LogP contribution in [0.1, 0.15) is 40.5 Å². The third kappa shape index (κ3) is 2.96. The monoisotopic (exact) mass is 198 g/mol. The molecule has 0 spiro atoms. The zero-order valence-corrected chi connectivity index (χ0v) is 10.2. The van der Waals surface area contributed by atoms with E-state index in [0.717, 1.165) is 31.1 Å². The van der Waals surface area contributed by atoms with Gasteiger partial charge in [0.05, 0.1) is 0 Å². The van der Waals surface area contributed by atoms with Crippen LogP contribution in [0.3, 0.4) is 0 Å². The van der Waals surface area contributed by atoms with Gasteiger partial charge in [0.15, 0.2) is 0 Å². The molecule has 1 aliphatic heterocycles. The third-order valence-corrected chi connectivity index (χ3v) is 3.67. The Bertz CT molecular complexity index is 158. The van der Waals surface area contributed by atoms with Gasteiger partial charge in [-0.15, -0.1) is 0 Å². The fourth-order valence-electron chi connectivity index (χ4n) is 2.43. The number of nitrogens with zero attached hydrogens (tertiary/aromatic N) is 1. The van der Waals surface area contributed by atoms with E-state index >= 15 is 0 Å². The van der Waals surface area contributed by atoms with Gasteiger partial charge in [-0.25, -0.2) is 0 Å². The summed E-state index contributed by atoms with van der Waals surface area (Å²) >= 11 is 0. The molecule has 1 aliphatic rings. The maximum atomic E-state index is 3.44. The SMILES string of the molecule is CCNCC(C)C(C)N1CCCC1C. The van der Waals surface area contributed by atoms with Gasteiger partial charge in [0.2, 0.25) is 0 Å². The Kier molecular flexibility index (Phi) is 4.90. The summed E-state index contributed by atoms with van der Waals surface area (Å²) in [5.74, 6) is 0.760. The van der Waals surface area contributed by atoms with Crippen LogP contribution in [0.5, 0.6) is 0 Å². The molecule has 1 heterocycles. The molecule has 0 aliphatic carbocycles. The summed E-state index contributed by atoms with van der Waals surface area (Å²) < 4.78 is 0. The van der Waals surface area contributed by atoms with Gasteiger partial charge in [-0.05, 0) is 52.2 Å².